The van der Waals surface area contributed by atoms with Crippen molar-refractivity contribution >= 4 is 51.8 Å². The minimum atomic E-state index is -3.06. The molecule has 4 aromatic rings. The van der Waals surface area contributed by atoms with Crippen LogP contribution >= 0.6 is 23.2 Å². The number of fused-ring (bicyclic) bond motifs is 3. The first kappa shape index (κ1) is 23.1. The predicted molar refractivity (Wildman–Crippen MR) is 132 cm³/mol. The molecule has 2 N–H and O–H groups in total. The Bertz CT molecular complexity index is 1470. The van der Waals surface area contributed by atoms with Crippen LogP contribution in [0.15, 0.2) is 78.0 Å². The Labute approximate surface area is 209 Å². The maximum atomic E-state index is 13.6. The number of benzene rings is 3. The zero-order valence-corrected chi connectivity index (χ0v) is 19.7. The Morgan fingerprint density at radius 2 is 1.80 bits per heavy atom. The van der Waals surface area contributed by atoms with Crippen molar-refractivity contribution in [3.63, 3.8) is 0 Å². The number of nitrogens with one attached hydrogen (secondary N) is 2. The average Bonchev–Trinajstić information content (AvgIpc) is 3.18. The zero-order valence-electron chi connectivity index (χ0n) is 18.2. The third-order valence-corrected chi connectivity index (χ3v) is 6.15. The Morgan fingerprint density at radius 1 is 1.09 bits per heavy atom. The van der Waals surface area contributed by atoms with Crippen molar-refractivity contribution in [3.8, 4) is 5.75 Å². The predicted octanol–water partition coefficient (Wildman–Crippen LogP) is 6.87. The second kappa shape index (κ2) is 9.20. The SMILES string of the molecule is CC1=C(C(=O)Nc2ccc(Cl)cc2)C(c2cc(Cl)ccc2OC(F)F)n2c(nc3ccccc32)N1. The minimum absolute atomic E-state index is 0.0929. The molecule has 1 amide bonds. The van der Waals surface area contributed by atoms with E-state index in [4.69, 9.17) is 27.9 Å². The number of carbonyl (C=O) groups is 1. The van der Waals surface area contributed by atoms with Crippen LogP contribution in [-0.4, -0.2) is 22.1 Å². The minimum Gasteiger partial charge on any atom is -0.434 e. The largest absolute Gasteiger partial charge is 0.434 e. The number of carbonyl (C=O) groups excluding carboxylic acids is 1. The van der Waals surface area contributed by atoms with Gasteiger partial charge in [0.25, 0.3) is 5.91 Å². The van der Waals surface area contributed by atoms with Gasteiger partial charge in [0, 0.05) is 27.0 Å². The van der Waals surface area contributed by atoms with Gasteiger partial charge in [0.05, 0.1) is 22.6 Å². The molecule has 35 heavy (non-hydrogen) atoms. The van der Waals surface area contributed by atoms with Gasteiger partial charge in [0.15, 0.2) is 0 Å². The number of nitrogens with zero attached hydrogens (tertiary/aromatic N) is 2. The highest BCUT2D eigenvalue weighted by atomic mass is 35.5. The second-order valence-corrected chi connectivity index (χ2v) is 8.75. The smallest absolute Gasteiger partial charge is 0.387 e. The standard InChI is InChI=1S/C25H18Cl2F2N4O2/c1-13-21(23(34)31-16-9-6-14(26)7-10-16)22(17-12-15(27)8-11-20(17)35-24(28)29)33-19-5-3-2-4-18(19)32-25(33)30-13/h2-12,22,24H,1H3,(H,30,32)(H,31,34). The van der Waals surface area contributed by atoms with E-state index in [1.165, 1.54) is 18.2 Å². The van der Waals surface area contributed by atoms with Crippen LogP contribution in [0.4, 0.5) is 20.4 Å². The van der Waals surface area contributed by atoms with Crippen LogP contribution < -0.4 is 15.4 Å². The van der Waals surface area contributed by atoms with Gasteiger partial charge in [-0.05, 0) is 61.5 Å². The maximum absolute atomic E-state index is 13.6. The molecule has 1 atom stereocenters. The third kappa shape index (κ3) is 4.42. The quantitative estimate of drug-likeness (QED) is 0.304. The molecule has 3 aromatic carbocycles. The molecule has 0 saturated heterocycles. The molecule has 0 radical (unpaired) electrons. The maximum Gasteiger partial charge on any atom is 0.387 e. The molecule has 0 aliphatic carbocycles. The summed E-state index contributed by atoms with van der Waals surface area (Å²) in [6, 6.07) is 17.5. The van der Waals surface area contributed by atoms with E-state index in [1.54, 1.807) is 35.8 Å². The Hall–Kier alpha value is -3.62. The number of hydrogen-bond acceptors (Lipinski definition) is 4. The summed E-state index contributed by atoms with van der Waals surface area (Å²) >= 11 is 12.3. The Balaban J connectivity index is 1.71. The highest BCUT2D eigenvalue weighted by Gasteiger charge is 2.36. The normalized spacial score (nSPS) is 15.2. The number of allylic oxidation sites excluding steroid dienone is 1. The van der Waals surface area contributed by atoms with Crippen molar-refractivity contribution in [1.82, 2.24) is 9.55 Å². The number of halogens is 4. The van der Waals surface area contributed by atoms with E-state index in [-0.39, 0.29) is 11.3 Å². The van der Waals surface area contributed by atoms with Gasteiger partial charge in [0.1, 0.15) is 5.75 Å². The molecule has 0 spiro atoms. The van der Waals surface area contributed by atoms with Crippen molar-refractivity contribution in [2.75, 3.05) is 10.6 Å². The molecule has 2 heterocycles. The fourth-order valence-electron chi connectivity index (χ4n) is 4.22. The van der Waals surface area contributed by atoms with E-state index in [9.17, 15) is 13.6 Å². The molecule has 1 aliphatic rings. The first-order chi connectivity index (χ1) is 16.8. The molecule has 1 aliphatic heterocycles. The van der Waals surface area contributed by atoms with Gasteiger partial charge in [-0.3, -0.25) is 9.36 Å². The van der Waals surface area contributed by atoms with Crippen LogP contribution in [0.2, 0.25) is 10.0 Å². The van der Waals surface area contributed by atoms with Gasteiger partial charge < -0.3 is 15.4 Å². The van der Waals surface area contributed by atoms with Crippen molar-refractivity contribution in [3.05, 3.63) is 93.6 Å². The highest BCUT2D eigenvalue weighted by Crippen LogP contribution is 2.43. The summed E-state index contributed by atoms with van der Waals surface area (Å²) in [6.07, 6.45) is 0. The molecule has 1 unspecified atom stereocenters. The number of imidazole rings is 1. The van der Waals surface area contributed by atoms with Crippen molar-refractivity contribution in [2.45, 2.75) is 19.6 Å². The van der Waals surface area contributed by atoms with Crippen LogP contribution in [0.3, 0.4) is 0 Å². The summed E-state index contributed by atoms with van der Waals surface area (Å²) in [6.45, 7) is -1.34. The lowest BCUT2D eigenvalue weighted by Gasteiger charge is -2.31. The first-order valence-corrected chi connectivity index (χ1v) is 11.3. The highest BCUT2D eigenvalue weighted by molar-refractivity contribution is 6.31. The first-order valence-electron chi connectivity index (χ1n) is 10.6. The zero-order chi connectivity index (χ0) is 24.7. The topological polar surface area (TPSA) is 68.2 Å². The molecule has 6 nitrogen and oxygen atoms in total. The summed E-state index contributed by atoms with van der Waals surface area (Å²) in [5.74, 6) is -0.0712. The van der Waals surface area contributed by atoms with E-state index in [0.29, 0.717) is 44.0 Å². The molecule has 178 valence electrons. The molecular formula is C25H18Cl2F2N4O2. The summed E-state index contributed by atoms with van der Waals surface area (Å²) < 4.78 is 33.3. The molecule has 10 heteroatoms. The average molecular weight is 515 g/mol. The summed E-state index contributed by atoms with van der Waals surface area (Å²) in [5, 5.41) is 6.87. The lowest BCUT2D eigenvalue weighted by atomic mass is 9.93. The van der Waals surface area contributed by atoms with E-state index < -0.39 is 18.6 Å². The van der Waals surface area contributed by atoms with Crippen LogP contribution in [0.5, 0.6) is 5.75 Å². The van der Waals surface area contributed by atoms with Crippen LogP contribution in [0, 0.1) is 0 Å². The Kier molecular flexibility index (Phi) is 6.08. The number of ether oxygens (including phenoxy) is 1. The van der Waals surface area contributed by atoms with E-state index in [1.807, 2.05) is 24.3 Å². The number of aromatic nitrogens is 2. The van der Waals surface area contributed by atoms with Gasteiger partial charge in [-0.25, -0.2) is 4.98 Å². The summed E-state index contributed by atoms with van der Waals surface area (Å²) in [7, 11) is 0. The second-order valence-electron chi connectivity index (χ2n) is 7.88. The van der Waals surface area contributed by atoms with Gasteiger partial charge in [-0.2, -0.15) is 8.78 Å². The van der Waals surface area contributed by atoms with E-state index in [2.05, 4.69) is 15.6 Å². The van der Waals surface area contributed by atoms with Gasteiger partial charge in [0.2, 0.25) is 5.95 Å². The third-order valence-electron chi connectivity index (χ3n) is 5.66. The van der Waals surface area contributed by atoms with Gasteiger partial charge in [-0.15, -0.1) is 0 Å². The fourth-order valence-corrected chi connectivity index (χ4v) is 4.53. The van der Waals surface area contributed by atoms with Crippen LogP contribution in [-0.2, 0) is 4.79 Å². The van der Waals surface area contributed by atoms with Gasteiger partial charge >= 0.3 is 6.61 Å². The summed E-state index contributed by atoms with van der Waals surface area (Å²) in [5.41, 5.74) is 2.99. The van der Waals surface area contributed by atoms with E-state index in [0.717, 1.165) is 0 Å². The number of para-hydroxylation sites is 2. The molecule has 0 saturated carbocycles. The molecule has 0 fully saturated rings. The number of rotatable bonds is 5. The van der Waals surface area contributed by atoms with Crippen molar-refractivity contribution in [1.29, 1.82) is 0 Å². The number of amides is 1. The van der Waals surface area contributed by atoms with Gasteiger partial charge in [-0.1, -0.05) is 35.3 Å². The number of anilines is 2. The molecular weight excluding hydrogens is 497 g/mol. The van der Waals surface area contributed by atoms with E-state index >= 15 is 0 Å². The van der Waals surface area contributed by atoms with Crippen molar-refractivity contribution in [2.24, 2.45) is 0 Å². The van der Waals surface area contributed by atoms with Crippen LogP contribution in [0.25, 0.3) is 11.0 Å². The summed E-state index contributed by atoms with van der Waals surface area (Å²) in [4.78, 5) is 18.3. The Morgan fingerprint density at radius 3 is 2.54 bits per heavy atom. The molecule has 5 rings (SSSR count). The monoisotopic (exact) mass is 514 g/mol. The van der Waals surface area contributed by atoms with Crippen molar-refractivity contribution < 1.29 is 18.3 Å². The lowest BCUT2D eigenvalue weighted by molar-refractivity contribution is -0.113. The molecule has 1 aromatic heterocycles. The molecule has 0 bridgehead atoms. The number of hydrogen-bond donors (Lipinski definition) is 2. The van der Waals surface area contributed by atoms with Crippen LogP contribution in [0.1, 0.15) is 18.5 Å². The number of alkyl halides is 2. The lowest BCUT2D eigenvalue weighted by Crippen LogP contribution is -2.31. The fraction of sp³-hybridized carbons (Fsp3) is 0.120.